The van der Waals surface area contributed by atoms with E-state index in [2.05, 4.69) is 5.32 Å². The average molecular weight is 290 g/mol. The number of carbonyl (C=O) groups excluding carboxylic acids is 1. The van der Waals surface area contributed by atoms with Crippen LogP contribution in [0.15, 0.2) is 28.7 Å². The van der Waals surface area contributed by atoms with Gasteiger partial charge in [0.25, 0.3) is 0 Å². The van der Waals surface area contributed by atoms with Crippen LogP contribution >= 0.6 is 11.6 Å². The number of ketones is 1. The van der Waals surface area contributed by atoms with Crippen molar-refractivity contribution in [1.82, 2.24) is 5.32 Å². The molecule has 1 N–H and O–H groups in total. The molecule has 1 atom stereocenters. The van der Waals surface area contributed by atoms with Gasteiger partial charge in [-0.25, -0.2) is 0 Å². The average Bonchev–Trinajstić information content (AvgIpc) is 2.96. The van der Waals surface area contributed by atoms with Crippen LogP contribution in [0.1, 0.15) is 29.8 Å². The van der Waals surface area contributed by atoms with Crippen molar-refractivity contribution in [2.24, 2.45) is 11.3 Å². The second kappa shape index (κ2) is 4.34. The number of piperidine rings is 1. The zero-order chi connectivity index (χ0) is 13.7. The van der Waals surface area contributed by atoms with Crippen LogP contribution in [0.5, 0.6) is 0 Å². The number of nitrogens with one attached hydrogen (secondary N) is 1. The molecule has 3 nitrogen and oxygen atoms in total. The fourth-order valence-corrected chi connectivity index (χ4v) is 3.68. The maximum Gasteiger partial charge on any atom is 0.201 e. The van der Waals surface area contributed by atoms with Gasteiger partial charge in [0.05, 0.1) is 0 Å². The number of furan rings is 1. The molecule has 0 amide bonds. The summed E-state index contributed by atoms with van der Waals surface area (Å²) in [4.78, 5) is 12.6. The number of benzene rings is 1. The third-order valence-electron chi connectivity index (χ3n) is 4.83. The van der Waals surface area contributed by atoms with Crippen LogP contribution in [0, 0.1) is 11.3 Å². The summed E-state index contributed by atoms with van der Waals surface area (Å²) in [5, 5.41) is 4.93. The van der Waals surface area contributed by atoms with E-state index in [-0.39, 0.29) is 17.1 Å². The Morgan fingerprint density at radius 2 is 2.10 bits per heavy atom. The van der Waals surface area contributed by atoms with Crippen molar-refractivity contribution in [3.05, 3.63) is 35.0 Å². The number of carbonyl (C=O) groups is 1. The van der Waals surface area contributed by atoms with Crippen molar-refractivity contribution in [1.29, 1.82) is 0 Å². The molecule has 2 heterocycles. The second-order valence-electron chi connectivity index (χ2n) is 6.03. The molecular formula is C16H16ClNO2. The summed E-state index contributed by atoms with van der Waals surface area (Å²) in [6, 6.07) is 7.27. The Kier molecular flexibility index (Phi) is 2.69. The molecule has 1 aromatic carbocycles. The summed E-state index contributed by atoms with van der Waals surface area (Å²) >= 11 is 5.97. The molecule has 1 spiro atoms. The Balaban J connectivity index is 1.61. The fourth-order valence-electron chi connectivity index (χ4n) is 3.50. The lowest BCUT2D eigenvalue weighted by Gasteiger charge is -2.22. The van der Waals surface area contributed by atoms with Gasteiger partial charge < -0.3 is 9.73 Å². The third kappa shape index (κ3) is 1.88. The maximum absolute atomic E-state index is 12.6. The summed E-state index contributed by atoms with van der Waals surface area (Å²) in [7, 11) is 0. The highest BCUT2D eigenvalue weighted by Crippen LogP contribution is 2.59. The standard InChI is InChI=1S/C16H16ClNO2/c17-11-1-2-13-10(7-11)8-14(20-13)15(19)12-9-16(12)3-5-18-6-4-16/h1-2,7-8,12,18H,3-6,9H2. The first kappa shape index (κ1) is 12.4. The molecule has 20 heavy (non-hydrogen) atoms. The summed E-state index contributed by atoms with van der Waals surface area (Å²) in [5.74, 6) is 0.808. The molecule has 1 aromatic heterocycles. The Bertz CT molecular complexity index is 685. The van der Waals surface area contributed by atoms with Gasteiger partial charge in [0.2, 0.25) is 5.78 Å². The zero-order valence-electron chi connectivity index (χ0n) is 11.1. The number of hydrogen-bond donors (Lipinski definition) is 1. The predicted octanol–water partition coefficient (Wildman–Crippen LogP) is 3.66. The molecule has 4 heteroatoms. The van der Waals surface area contributed by atoms with Gasteiger partial charge in [-0.15, -0.1) is 0 Å². The third-order valence-corrected chi connectivity index (χ3v) is 5.06. The maximum atomic E-state index is 12.6. The molecule has 2 fully saturated rings. The largest absolute Gasteiger partial charge is 0.453 e. The van der Waals surface area contributed by atoms with E-state index in [1.807, 2.05) is 18.2 Å². The van der Waals surface area contributed by atoms with Crippen molar-refractivity contribution in [2.45, 2.75) is 19.3 Å². The predicted molar refractivity (Wildman–Crippen MR) is 78.2 cm³/mol. The summed E-state index contributed by atoms with van der Waals surface area (Å²) in [6.07, 6.45) is 3.23. The molecule has 2 aromatic rings. The van der Waals surface area contributed by atoms with Crippen molar-refractivity contribution in [2.75, 3.05) is 13.1 Å². The highest BCUT2D eigenvalue weighted by molar-refractivity contribution is 6.31. The quantitative estimate of drug-likeness (QED) is 0.858. The minimum atomic E-state index is 0.153. The highest BCUT2D eigenvalue weighted by atomic mass is 35.5. The molecule has 1 saturated heterocycles. The van der Waals surface area contributed by atoms with Crippen LogP contribution in [-0.2, 0) is 0 Å². The van der Waals surface area contributed by atoms with E-state index in [0.717, 1.165) is 43.3 Å². The van der Waals surface area contributed by atoms with Gasteiger partial charge in [0, 0.05) is 16.3 Å². The van der Waals surface area contributed by atoms with E-state index >= 15 is 0 Å². The molecule has 2 aliphatic rings. The molecular weight excluding hydrogens is 274 g/mol. The SMILES string of the molecule is O=C(c1cc2cc(Cl)ccc2o1)C1CC12CCNCC2. The molecule has 4 rings (SSSR count). The number of fused-ring (bicyclic) bond motifs is 1. The van der Waals surface area contributed by atoms with Gasteiger partial charge in [-0.1, -0.05) is 11.6 Å². The molecule has 104 valence electrons. The molecule has 1 unspecified atom stereocenters. The van der Waals surface area contributed by atoms with E-state index in [1.54, 1.807) is 6.07 Å². The van der Waals surface area contributed by atoms with Gasteiger partial charge in [-0.3, -0.25) is 4.79 Å². The van der Waals surface area contributed by atoms with Gasteiger partial charge in [0.1, 0.15) is 5.58 Å². The van der Waals surface area contributed by atoms with E-state index in [0.29, 0.717) is 10.8 Å². The van der Waals surface area contributed by atoms with Gasteiger partial charge >= 0.3 is 0 Å². The summed E-state index contributed by atoms with van der Waals surface area (Å²) in [5.41, 5.74) is 0.983. The molecule has 1 saturated carbocycles. The lowest BCUT2D eigenvalue weighted by atomic mass is 9.90. The minimum Gasteiger partial charge on any atom is -0.453 e. The monoisotopic (exact) mass is 289 g/mol. The number of halogens is 1. The lowest BCUT2D eigenvalue weighted by molar-refractivity contribution is 0.0915. The zero-order valence-corrected chi connectivity index (χ0v) is 11.9. The van der Waals surface area contributed by atoms with Crippen LogP contribution < -0.4 is 5.32 Å². The van der Waals surface area contributed by atoms with Crippen molar-refractivity contribution in [3.63, 3.8) is 0 Å². The number of rotatable bonds is 2. The van der Waals surface area contributed by atoms with Crippen molar-refractivity contribution in [3.8, 4) is 0 Å². The Labute approximate surface area is 122 Å². The normalized spacial score (nSPS) is 24.1. The van der Waals surface area contributed by atoms with Crippen LogP contribution in [0.2, 0.25) is 5.02 Å². The van der Waals surface area contributed by atoms with Crippen LogP contribution in [0.4, 0.5) is 0 Å². The Morgan fingerprint density at radius 3 is 2.90 bits per heavy atom. The van der Waals surface area contributed by atoms with Crippen molar-refractivity contribution >= 4 is 28.4 Å². The molecule has 1 aliphatic heterocycles. The topological polar surface area (TPSA) is 42.2 Å². The number of Topliss-reactive ketones (excluding diaryl/α,β-unsaturated/α-hetero) is 1. The van der Waals surface area contributed by atoms with E-state index in [4.69, 9.17) is 16.0 Å². The van der Waals surface area contributed by atoms with Crippen LogP contribution in [0.3, 0.4) is 0 Å². The van der Waals surface area contributed by atoms with Gasteiger partial charge in [0.15, 0.2) is 5.76 Å². The first-order valence-electron chi connectivity index (χ1n) is 7.12. The molecule has 1 aliphatic carbocycles. The molecule has 0 bridgehead atoms. The first-order valence-corrected chi connectivity index (χ1v) is 7.50. The van der Waals surface area contributed by atoms with E-state index in [1.165, 1.54) is 0 Å². The lowest BCUT2D eigenvalue weighted by Crippen LogP contribution is -2.30. The van der Waals surface area contributed by atoms with Crippen LogP contribution in [-0.4, -0.2) is 18.9 Å². The minimum absolute atomic E-state index is 0.153. The smallest absolute Gasteiger partial charge is 0.201 e. The Morgan fingerprint density at radius 1 is 1.30 bits per heavy atom. The first-order chi connectivity index (χ1) is 9.68. The summed E-state index contributed by atoms with van der Waals surface area (Å²) < 4.78 is 5.70. The van der Waals surface area contributed by atoms with Crippen molar-refractivity contribution < 1.29 is 9.21 Å². The number of hydrogen-bond acceptors (Lipinski definition) is 3. The van der Waals surface area contributed by atoms with E-state index in [9.17, 15) is 4.79 Å². The van der Waals surface area contributed by atoms with E-state index < -0.39 is 0 Å². The Hall–Kier alpha value is -1.32. The van der Waals surface area contributed by atoms with Crippen LogP contribution in [0.25, 0.3) is 11.0 Å². The molecule has 0 radical (unpaired) electrons. The summed E-state index contributed by atoms with van der Waals surface area (Å²) in [6.45, 7) is 2.05. The highest BCUT2D eigenvalue weighted by Gasteiger charge is 2.58. The fraction of sp³-hybridized carbons (Fsp3) is 0.438. The second-order valence-corrected chi connectivity index (χ2v) is 6.46. The van der Waals surface area contributed by atoms with Gasteiger partial charge in [-0.2, -0.15) is 0 Å². The van der Waals surface area contributed by atoms with Gasteiger partial charge in [-0.05, 0) is 62.0 Å².